The Morgan fingerprint density at radius 2 is 2.04 bits per heavy atom. The summed E-state index contributed by atoms with van der Waals surface area (Å²) < 4.78 is 9.74. The number of rotatable bonds is 8. The van der Waals surface area contributed by atoms with Crippen LogP contribution in [0.15, 0.2) is 46.9 Å². The van der Waals surface area contributed by atoms with Crippen LogP contribution >= 0.6 is 0 Å². The van der Waals surface area contributed by atoms with Crippen molar-refractivity contribution in [1.29, 1.82) is 0 Å². The zero-order valence-corrected chi connectivity index (χ0v) is 15.0. The normalized spacial score (nSPS) is 11.9. The molecule has 0 aliphatic heterocycles. The van der Waals surface area contributed by atoms with Crippen molar-refractivity contribution in [1.82, 2.24) is 0 Å². The molecule has 2 aromatic rings. The van der Waals surface area contributed by atoms with Gasteiger partial charge in [-0.25, -0.2) is 4.79 Å². The first-order valence-corrected chi connectivity index (χ1v) is 8.38. The molecule has 1 amide bonds. The number of benzene rings is 1. The number of para-hydroxylation sites is 1. The number of nitrogens with one attached hydrogen (secondary N) is 1. The molecule has 1 aromatic heterocycles. The van der Waals surface area contributed by atoms with Gasteiger partial charge in [-0.2, -0.15) is 0 Å². The van der Waals surface area contributed by atoms with Crippen molar-refractivity contribution in [2.75, 3.05) is 11.9 Å². The van der Waals surface area contributed by atoms with Crippen molar-refractivity contribution in [2.24, 2.45) is 0 Å². The van der Waals surface area contributed by atoms with E-state index in [1.165, 1.54) is 18.2 Å². The van der Waals surface area contributed by atoms with E-state index in [-0.39, 0.29) is 11.7 Å². The zero-order valence-electron chi connectivity index (χ0n) is 15.0. The Kier molecular flexibility index (Phi) is 6.87. The molecule has 0 spiro atoms. The Balaban J connectivity index is 1.87. The lowest BCUT2D eigenvalue weighted by Gasteiger charge is -2.15. The Morgan fingerprint density at radius 1 is 1.30 bits per heavy atom. The van der Waals surface area contributed by atoms with E-state index in [1.807, 2.05) is 18.2 Å². The second-order valence-corrected chi connectivity index (χ2v) is 5.82. The van der Waals surface area contributed by atoms with Crippen LogP contribution in [0.2, 0.25) is 0 Å². The minimum absolute atomic E-state index is 0.130. The van der Waals surface area contributed by atoms with Crippen LogP contribution in [0.4, 0.5) is 11.6 Å². The van der Waals surface area contributed by atoms with Crippen LogP contribution in [-0.4, -0.2) is 23.4 Å². The van der Waals surface area contributed by atoms with Crippen molar-refractivity contribution >= 4 is 29.5 Å². The molecule has 27 heavy (non-hydrogen) atoms. The quantitative estimate of drug-likeness (QED) is 0.325. The van der Waals surface area contributed by atoms with E-state index < -0.39 is 29.3 Å². The van der Waals surface area contributed by atoms with E-state index in [4.69, 9.17) is 9.15 Å². The van der Waals surface area contributed by atoms with Gasteiger partial charge in [0.15, 0.2) is 6.61 Å². The molecule has 0 fully saturated rings. The van der Waals surface area contributed by atoms with Gasteiger partial charge in [-0.3, -0.25) is 14.9 Å². The molecule has 142 valence electrons. The third-order valence-electron chi connectivity index (χ3n) is 3.90. The van der Waals surface area contributed by atoms with Crippen LogP contribution in [0.1, 0.15) is 37.5 Å². The van der Waals surface area contributed by atoms with E-state index in [9.17, 15) is 19.7 Å². The number of carbonyl (C=O) groups is 2. The number of amides is 1. The number of esters is 1. The molecule has 2 rings (SSSR count). The van der Waals surface area contributed by atoms with Gasteiger partial charge < -0.3 is 14.5 Å². The summed E-state index contributed by atoms with van der Waals surface area (Å²) in [6.45, 7) is 3.68. The Hall–Kier alpha value is -3.42. The highest BCUT2D eigenvalue weighted by Crippen LogP contribution is 2.26. The first-order chi connectivity index (χ1) is 12.9. The van der Waals surface area contributed by atoms with E-state index in [0.717, 1.165) is 18.1 Å². The molecule has 8 heteroatoms. The van der Waals surface area contributed by atoms with E-state index >= 15 is 0 Å². The van der Waals surface area contributed by atoms with Crippen LogP contribution in [0.3, 0.4) is 0 Å². The van der Waals surface area contributed by atoms with Gasteiger partial charge in [0, 0.05) is 11.8 Å². The fourth-order valence-electron chi connectivity index (χ4n) is 2.31. The third-order valence-corrected chi connectivity index (χ3v) is 3.90. The predicted octanol–water partition coefficient (Wildman–Crippen LogP) is 3.90. The minimum atomic E-state index is -0.764. The second-order valence-electron chi connectivity index (χ2n) is 5.82. The Labute approximate surface area is 156 Å². The summed E-state index contributed by atoms with van der Waals surface area (Å²) in [7, 11) is 0. The van der Waals surface area contributed by atoms with Crippen molar-refractivity contribution in [2.45, 2.75) is 26.2 Å². The van der Waals surface area contributed by atoms with E-state index in [2.05, 4.69) is 19.2 Å². The van der Waals surface area contributed by atoms with Gasteiger partial charge in [-0.05, 0) is 36.1 Å². The van der Waals surface area contributed by atoms with Crippen molar-refractivity contribution < 1.29 is 23.7 Å². The Bertz CT molecular complexity index is 855. The average molecular weight is 372 g/mol. The van der Waals surface area contributed by atoms with Gasteiger partial charge in [0.05, 0.1) is 6.07 Å². The van der Waals surface area contributed by atoms with Gasteiger partial charge in [-0.1, -0.05) is 32.0 Å². The maximum absolute atomic E-state index is 12.0. The smallest absolute Gasteiger partial charge is 0.433 e. The number of anilines is 1. The number of nitro groups is 1. The SMILES string of the molecule is CC[C@H](C)c1ccccc1NC(=O)COC(=O)/C=C/c1ccc([N+](=O)[O-])o1. The van der Waals surface area contributed by atoms with Crippen LogP contribution in [0.25, 0.3) is 6.08 Å². The summed E-state index contributed by atoms with van der Waals surface area (Å²) in [5.41, 5.74) is 1.70. The molecule has 1 N–H and O–H groups in total. The largest absolute Gasteiger partial charge is 0.452 e. The number of furan rings is 1. The van der Waals surface area contributed by atoms with Gasteiger partial charge in [0.25, 0.3) is 5.91 Å². The molecule has 0 saturated carbocycles. The molecule has 8 nitrogen and oxygen atoms in total. The minimum Gasteiger partial charge on any atom is -0.452 e. The average Bonchev–Trinajstić information content (AvgIpc) is 3.14. The summed E-state index contributed by atoms with van der Waals surface area (Å²) in [5, 5.41) is 13.3. The molecule has 0 saturated heterocycles. The highest BCUT2D eigenvalue weighted by atomic mass is 16.6. The van der Waals surface area contributed by atoms with Crippen molar-refractivity contribution in [3.8, 4) is 0 Å². The van der Waals surface area contributed by atoms with Crippen LogP contribution < -0.4 is 5.32 Å². The summed E-state index contributed by atoms with van der Waals surface area (Å²) in [5.74, 6) is -1.24. The van der Waals surface area contributed by atoms with Gasteiger partial charge in [0.1, 0.15) is 10.7 Å². The molecule has 1 heterocycles. The lowest BCUT2D eigenvalue weighted by molar-refractivity contribution is -0.402. The molecular formula is C19H20N2O6. The number of nitrogens with zero attached hydrogens (tertiary/aromatic N) is 1. The van der Waals surface area contributed by atoms with Crippen molar-refractivity contribution in [3.05, 3.63) is 63.9 Å². The second kappa shape index (κ2) is 9.33. The predicted molar refractivity (Wildman–Crippen MR) is 99.1 cm³/mol. The molecular weight excluding hydrogens is 352 g/mol. The highest BCUT2D eigenvalue weighted by Gasteiger charge is 2.13. The molecule has 0 bridgehead atoms. The van der Waals surface area contributed by atoms with Crippen LogP contribution in [0, 0.1) is 10.1 Å². The first-order valence-electron chi connectivity index (χ1n) is 8.38. The first kappa shape index (κ1) is 19.9. The van der Waals surface area contributed by atoms with E-state index in [0.29, 0.717) is 5.69 Å². The molecule has 0 aliphatic carbocycles. The lowest BCUT2D eigenvalue weighted by atomic mass is 9.97. The summed E-state index contributed by atoms with van der Waals surface area (Å²) >= 11 is 0. The summed E-state index contributed by atoms with van der Waals surface area (Å²) in [6, 6.07) is 9.99. The number of hydrogen-bond acceptors (Lipinski definition) is 6. The lowest BCUT2D eigenvalue weighted by Crippen LogP contribution is -2.21. The molecule has 0 radical (unpaired) electrons. The van der Waals surface area contributed by atoms with Gasteiger partial charge in [0.2, 0.25) is 0 Å². The van der Waals surface area contributed by atoms with Crippen LogP contribution in [-0.2, 0) is 14.3 Å². The van der Waals surface area contributed by atoms with Crippen molar-refractivity contribution in [3.63, 3.8) is 0 Å². The maximum atomic E-state index is 12.0. The van der Waals surface area contributed by atoms with Crippen LogP contribution in [0.5, 0.6) is 0 Å². The number of hydrogen-bond donors (Lipinski definition) is 1. The fraction of sp³-hybridized carbons (Fsp3) is 0.263. The zero-order chi connectivity index (χ0) is 19.8. The van der Waals surface area contributed by atoms with E-state index in [1.54, 1.807) is 6.07 Å². The fourth-order valence-corrected chi connectivity index (χ4v) is 2.31. The summed E-state index contributed by atoms with van der Waals surface area (Å²) in [4.78, 5) is 33.5. The van der Waals surface area contributed by atoms with Gasteiger partial charge in [-0.15, -0.1) is 0 Å². The standard InChI is InChI=1S/C19H20N2O6/c1-3-13(2)15-6-4-5-7-16(15)20-17(22)12-26-19(23)11-9-14-8-10-18(27-14)21(24)25/h4-11,13H,3,12H2,1-2H3,(H,20,22)/b11-9+/t13-/m0/s1. The molecule has 0 aliphatic rings. The van der Waals surface area contributed by atoms with Gasteiger partial charge >= 0.3 is 11.9 Å². The molecule has 1 atom stereocenters. The molecule has 1 aromatic carbocycles. The highest BCUT2D eigenvalue weighted by molar-refractivity contribution is 5.95. The molecule has 0 unspecified atom stereocenters. The number of ether oxygens (including phenoxy) is 1. The topological polar surface area (TPSA) is 112 Å². The summed E-state index contributed by atoms with van der Waals surface area (Å²) in [6.07, 6.45) is 3.19. The number of carbonyl (C=O) groups excluding carboxylic acids is 2. The third kappa shape index (κ3) is 5.81. The maximum Gasteiger partial charge on any atom is 0.433 e. The Morgan fingerprint density at radius 3 is 2.70 bits per heavy atom. The monoisotopic (exact) mass is 372 g/mol.